The van der Waals surface area contributed by atoms with Crippen LogP contribution in [0.25, 0.3) is 0 Å². The molecule has 0 saturated heterocycles. The molecule has 1 unspecified atom stereocenters. The molecule has 0 N–H and O–H groups in total. The third kappa shape index (κ3) is 54.6. The molecule has 1 atom stereocenters. The molecule has 0 aliphatic rings. The van der Waals surface area contributed by atoms with E-state index in [9.17, 15) is 9.59 Å². The van der Waals surface area contributed by atoms with Crippen LogP contribution in [-0.4, -0.2) is 37.9 Å². The van der Waals surface area contributed by atoms with Crippen LogP contribution in [-0.2, 0) is 23.8 Å². The van der Waals surface area contributed by atoms with Gasteiger partial charge in [-0.25, -0.2) is 0 Å². The van der Waals surface area contributed by atoms with Crippen LogP contribution in [0.4, 0.5) is 0 Å². The second kappa shape index (κ2) is 57.4. The Bertz CT molecular complexity index is 1430. The lowest BCUT2D eigenvalue weighted by Gasteiger charge is -2.18. The first-order chi connectivity index (χ1) is 33.6. The topological polar surface area (TPSA) is 61.8 Å². The Morgan fingerprint density at radius 3 is 1.07 bits per heavy atom. The number of esters is 2. The molecule has 0 aromatic carbocycles. The molecule has 0 radical (unpaired) electrons. The second-order valence-corrected chi connectivity index (χ2v) is 17.7. The molecule has 0 heterocycles. The molecule has 0 bridgehead atoms. The third-order valence-electron chi connectivity index (χ3n) is 11.1. The van der Waals surface area contributed by atoms with E-state index in [2.05, 4.69) is 154 Å². The number of hydrogen-bond donors (Lipinski definition) is 0. The maximum atomic E-state index is 12.8. The van der Waals surface area contributed by atoms with Gasteiger partial charge in [0.2, 0.25) is 0 Å². The molecule has 0 aromatic heterocycles. The fourth-order valence-corrected chi connectivity index (χ4v) is 7.09. The number of ether oxygens (including phenoxy) is 3. The van der Waals surface area contributed by atoms with Gasteiger partial charge in [-0.2, -0.15) is 0 Å². The van der Waals surface area contributed by atoms with Gasteiger partial charge in [0.05, 0.1) is 6.61 Å². The fraction of sp³-hybridized carbons (Fsp3) is 0.619. The minimum atomic E-state index is -0.574. The summed E-state index contributed by atoms with van der Waals surface area (Å²) >= 11 is 0. The molecule has 5 nitrogen and oxygen atoms in total. The lowest BCUT2D eigenvalue weighted by molar-refractivity contribution is -0.163. The zero-order chi connectivity index (χ0) is 49.2. The molecule has 0 aliphatic carbocycles. The quantitative estimate of drug-likeness (QED) is 0.0345. The van der Waals surface area contributed by atoms with Crippen molar-refractivity contribution in [3.8, 4) is 0 Å². The number of allylic oxidation sites excluding steroid dienone is 22. The van der Waals surface area contributed by atoms with Crippen molar-refractivity contribution in [3.05, 3.63) is 134 Å². The van der Waals surface area contributed by atoms with Crippen LogP contribution in [0.1, 0.15) is 226 Å². The Balaban J connectivity index is 4.38. The van der Waals surface area contributed by atoms with E-state index < -0.39 is 6.10 Å². The minimum absolute atomic E-state index is 0.0490. The fourth-order valence-electron chi connectivity index (χ4n) is 7.09. The van der Waals surface area contributed by atoms with Gasteiger partial charge in [-0.3, -0.25) is 9.59 Å². The zero-order valence-electron chi connectivity index (χ0n) is 44.1. The van der Waals surface area contributed by atoms with Crippen molar-refractivity contribution in [2.75, 3.05) is 19.8 Å². The van der Waals surface area contributed by atoms with Crippen LogP contribution < -0.4 is 0 Å². The average molecular weight is 940 g/mol. The van der Waals surface area contributed by atoms with E-state index in [1.807, 2.05) is 0 Å². The Kier molecular flexibility index (Phi) is 54.0. The number of rotatable bonds is 49. The Morgan fingerprint density at radius 1 is 0.338 bits per heavy atom. The Labute approximate surface area is 419 Å². The summed E-state index contributed by atoms with van der Waals surface area (Å²) in [5.41, 5.74) is 0. The summed E-state index contributed by atoms with van der Waals surface area (Å²) in [6.07, 6.45) is 81.8. The van der Waals surface area contributed by atoms with Gasteiger partial charge < -0.3 is 14.2 Å². The Hall–Kier alpha value is -3.96. The van der Waals surface area contributed by atoms with Crippen molar-refractivity contribution < 1.29 is 23.8 Å². The number of carbonyl (C=O) groups excluding carboxylic acids is 2. The average Bonchev–Trinajstić information content (AvgIpc) is 3.34. The monoisotopic (exact) mass is 939 g/mol. The summed E-state index contributed by atoms with van der Waals surface area (Å²) in [5.74, 6) is -0.465. The van der Waals surface area contributed by atoms with Crippen molar-refractivity contribution in [2.24, 2.45) is 0 Å². The van der Waals surface area contributed by atoms with Crippen LogP contribution >= 0.6 is 0 Å². The second-order valence-electron chi connectivity index (χ2n) is 17.7. The van der Waals surface area contributed by atoms with Gasteiger partial charge in [0.25, 0.3) is 0 Å². The molecule has 0 saturated carbocycles. The van der Waals surface area contributed by atoms with Crippen molar-refractivity contribution in [2.45, 2.75) is 232 Å². The van der Waals surface area contributed by atoms with Crippen LogP contribution in [0.15, 0.2) is 134 Å². The molecule has 0 aromatic rings. The standard InChI is InChI=1S/C63H102O5/c1-4-7-10-13-16-19-22-25-27-29-31-33-35-37-40-43-46-49-52-55-58-66-59-61(68-63(65)57-54-51-48-45-42-38-24-21-18-15-12-9-6-3)60-67-62(64)56-53-50-47-44-41-39-36-34-32-30-28-26-23-20-17-14-11-8-5-2/h7-8,10-12,15-17,19-21,24-28,31-34,39,41,61H,4-6,9,13-14,18,22-23,29-30,35-38,40,42-60H2,1-3H3/b10-7-,11-8-,15-12-,19-16-,20-17-,24-21-,27-25-,28-26-,33-31-,34-32-,41-39-. The number of hydrogen-bond acceptors (Lipinski definition) is 5. The van der Waals surface area contributed by atoms with E-state index >= 15 is 0 Å². The van der Waals surface area contributed by atoms with E-state index in [1.165, 1.54) is 51.4 Å². The first kappa shape index (κ1) is 64.0. The van der Waals surface area contributed by atoms with Crippen molar-refractivity contribution >= 4 is 11.9 Å². The smallest absolute Gasteiger partial charge is 0.306 e. The molecule has 384 valence electrons. The van der Waals surface area contributed by atoms with Crippen LogP contribution in [0.3, 0.4) is 0 Å². The SMILES string of the molecule is CC/C=C\C/C=C\C/C=C\C/C=C\C/C=C\CCCCCC(=O)OCC(COCCCCCCCCC/C=C\C/C=C\C/C=C\C/C=C\CC)OC(=O)CCCCCCC/C=C\C/C=C\CCC. The number of unbranched alkanes of at least 4 members (excludes halogenated alkanes) is 16. The lowest BCUT2D eigenvalue weighted by Crippen LogP contribution is -2.30. The molecular weight excluding hydrogens is 837 g/mol. The van der Waals surface area contributed by atoms with Crippen LogP contribution in [0.2, 0.25) is 0 Å². The largest absolute Gasteiger partial charge is 0.462 e. The number of carbonyl (C=O) groups is 2. The van der Waals surface area contributed by atoms with Crippen LogP contribution in [0, 0.1) is 0 Å². The van der Waals surface area contributed by atoms with Crippen molar-refractivity contribution in [1.82, 2.24) is 0 Å². The maximum absolute atomic E-state index is 12.8. The lowest BCUT2D eigenvalue weighted by atomic mass is 10.1. The highest BCUT2D eigenvalue weighted by Gasteiger charge is 2.17. The highest BCUT2D eigenvalue weighted by Crippen LogP contribution is 2.13. The summed E-state index contributed by atoms with van der Waals surface area (Å²) in [7, 11) is 0. The first-order valence-electron chi connectivity index (χ1n) is 27.7. The van der Waals surface area contributed by atoms with Gasteiger partial charge in [0.15, 0.2) is 6.10 Å². The maximum Gasteiger partial charge on any atom is 0.306 e. The molecular formula is C63H102O5. The predicted molar refractivity (Wildman–Crippen MR) is 297 cm³/mol. The van der Waals surface area contributed by atoms with Gasteiger partial charge >= 0.3 is 11.9 Å². The molecule has 0 rings (SSSR count). The van der Waals surface area contributed by atoms with E-state index in [0.29, 0.717) is 19.4 Å². The van der Waals surface area contributed by atoms with Gasteiger partial charge in [-0.05, 0) is 128 Å². The summed E-state index contributed by atoms with van der Waals surface area (Å²) < 4.78 is 17.4. The molecule has 0 aliphatic heterocycles. The summed E-state index contributed by atoms with van der Waals surface area (Å²) in [6, 6.07) is 0. The normalized spacial score (nSPS) is 13.3. The third-order valence-corrected chi connectivity index (χ3v) is 11.1. The van der Waals surface area contributed by atoms with Crippen molar-refractivity contribution in [3.63, 3.8) is 0 Å². The van der Waals surface area contributed by atoms with Gasteiger partial charge in [0, 0.05) is 19.4 Å². The highest BCUT2D eigenvalue weighted by atomic mass is 16.6. The van der Waals surface area contributed by atoms with Gasteiger partial charge in [-0.15, -0.1) is 0 Å². The summed E-state index contributed by atoms with van der Waals surface area (Å²) in [5, 5.41) is 0. The Morgan fingerprint density at radius 2 is 0.662 bits per heavy atom. The van der Waals surface area contributed by atoms with Gasteiger partial charge in [0.1, 0.15) is 6.61 Å². The summed E-state index contributed by atoms with van der Waals surface area (Å²) in [4.78, 5) is 25.5. The molecule has 0 spiro atoms. The first-order valence-corrected chi connectivity index (χ1v) is 27.7. The molecule has 0 fully saturated rings. The van der Waals surface area contributed by atoms with E-state index in [-0.39, 0.29) is 25.2 Å². The van der Waals surface area contributed by atoms with Crippen molar-refractivity contribution in [1.29, 1.82) is 0 Å². The van der Waals surface area contributed by atoms with Gasteiger partial charge in [-0.1, -0.05) is 219 Å². The minimum Gasteiger partial charge on any atom is -0.462 e. The van der Waals surface area contributed by atoms with E-state index in [4.69, 9.17) is 14.2 Å². The predicted octanol–water partition coefficient (Wildman–Crippen LogP) is 19.1. The highest BCUT2D eigenvalue weighted by molar-refractivity contribution is 5.70. The van der Waals surface area contributed by atoms with E-state index in [1.54, 1.807) is 0 Å². The zero-order valence-corrected chi connectivity index (χ0v) is 44.1. The molecule has 0 amide bonds. The summed E-state index contributed by atoms with van der Waals surface area (Å²) in [6.45, 7) is 7.45. The van der Waals surface area contributed by atoms with Crippen LogP contribution in [0.5, 0.6) is 0 Å². The molecule has 68 heavy (non-hydrogen) atoms. The van der Waals surface area contributed by atoms with E-state index in [0.717, 1.165) is 141 Å². The molecule has 5 heteroatoms.